The lowest BCUT2D eigenvalue weighted by Gasteiger charge is -2.37. The molecule has 2 saturated heterocycles. The Morgan fingerprint density at radius 1 is 1.12 bits per heavy atom. The lowest BCUT2D eigenvalue weighted by Crippen LogP contribution is -2.51. The minimum absolute atomic E-state index is 0.0493. The Morgan fingerprint density at radius 2 is 2.04 bits per heavy atom. The highest BCUT2D eigenvalue weighted by atomic mass is 16.5. The van der Waals surface area contributed by atoms with Gasteiger partial charge in [-0.25, -0.2) is 9.97 Å². The van der Waals surface area contributed by atoms with Gasteiger partial charge < -0.3 is 14.5 Å². The lowest BCUT2D eigenvalue weighted by atomic mass is 10.1. The number of fused-ring (bicyclic) bond motifs is 1. The maximum Gasteiger partial charge on any atom is 0.179 e. The summed E-state index contributed by atoms with van der Waals surface area (Å²) in [5, 5.41) is 18.1. The van der Waals surface area contributed by atoms with Gasteiger partial charge in [-0.05, 0) is 29.8 Å². The molecule has 2 aromatic rings. The average molecular weight is 332 g/mol. The van der Waals surface area contributed by atoms with E-state index < -0.39 is 0 Å². The molecule has 7 nitrogen and oxygen atoms in total. The number of aromatic nitrogens is 2. The molecule has 4 rings (SSSR count). The standard InChI is InChI=1S/C18H16N6O/c19-8-15-7-13(3-4-21-15)14-1-2-18(22-9-14)24-5-6-25-17-11-23(12-20)10-16(17)24/h1-4,7,9,16-17H,5-6,10-11H2/t16-,17+/m0/s1. The number of anilines is 1. The lowest BCUT2D eigenvalue weighted by molar-refractivity contribution is 0.0323. The molecule has 2 aliphatic rings. The molecule has 0 N–H and O–H groups in total. The number of pyridine rings is 2. The molecular weight excluding hydrogens is 316 g/mol. The summed E-state index contributed by atoms with van der Waals surface area (Å²) < 4.78 is 5.80. The maximum absolute atomic E-state index is 9.13. The van der Waals surface area contributed by atoms with E-state index in [2.05, 4.69) is 27.1 Å². The third kappa shape index (κ3) is 2.86. The monoisotopic (exact) mass is 332 g/mol. The molecule has 0 unspecified atom stereocenters. The molecule has 4 heterocycles. The zero-order chi connectivity index (χ0) is 17.2. The first kappa shape index (κ1) is 15.4. The minimum atomic E-state index is 0.0493. The summed E-state index contributed by atoms with van der Waals surface area (Å²) in [5.41, 5.74) is 2.25. The van der Waals surface area contributed by atoms with Gasteiger partial charge in [0.05, 0.1) is 31.8 Å². The van der Waals surface area contributed by atoms with E-state index in [-0.39, 0.29) is 12.1 Å². The van der Waals surface area contributed by atoms with Crippen molar-refractivity contribution in [3.63, 3.8) is 0 Å². The summed E-state index contributed by atoms with van der Waals surface area (Å²) >= 11 is 0. The van der Waals surface area contributed by atoms with Crippen LogP contribution in [0.5, 0.6) is 0 Å². The Kier molecular flexibility index (Phi) is 3.93. The fourth-order valence-electron chi connectivity index (χ4n) is 3.45. The van der Waals surface area contributed by atoms with Crippen LogP contribution in [0.15, 0.2) is 36.7 Å². The molecule has 2 aliphatic heterocycles. The fraction of sp³-hybridized carbons (Fsp3) is 0.333. The van der Waals surface area contributed by atoms with Gasteiger partial charge in [-0.1, -0.05) is 0 Å². The summed E-state index contributed by atoms with van der Waals surface area (Å²) in [4.78, 5) is 12.6. The first-order valence-electron chi connectivity index (χ1n) is 8.14. The van der Waals surface area contributed by atoms with Crippen molar-refractivity contribution < 1.29 is 4.74 Å². The van der Waals surface area contributed by atoms with E-state index in [0.717, 1.165) is 23.5 Å². The normalized spacial score (nSPS) is 22.2. The number of hydrogen-bond acceptors (Lipinski definition) is 7. The Balaban J connectivity index is 1.58. The topological polar surface area (TPSA) is 89.1 Å². The van der Waals surface area contributed by atoms with Gasteiger partial charge in [0.25, 0.3) is 0 Å². The smallest absolute Gasteiger partial charge is 0.179 e. The van der Waals surface area contributed by atoms with Gasteiger partial charge in [0, 0.05) is 24.5 Å². The molecule has 2 aromatic heterocycles. The summed E-state index contributed by atoms with van der Waals surface area (Å²) in [6, 6.07) is 9.81. The van der Waals surface area contributed by atoms with Crippen LogP contribution in [0.4, 0.5) is 5.82 Å². The molecule has 2 atom stereocenters. The first-order valence-corrected chi connectivity index (χ1v) is 8.14. The highest BCUT2D eigenvalue weighted by Gasteiger charge is 2.40. The zero-order valence-corrected chi connectivity index (χ0v) is 13.5. The van der Waals surface area contributed by atoms with E-state index in [4.69, 9.17) is 15.3 Å². The summed E-state index contributed by atoms with van der Waals surface area (Å²) in [7, 11) is 0. The van der Waals surface area contributed by atoms with Crippen molar-refractivity contribution in [1.29, 1.82) is 10.5 Å². The molecule has 0 radical (unpaired) electrons. The second kappa shape index (κ2) is 6.39. The number of nitriles is 2. The van der Waals surface area contributed by atoms with Crippen LogP contribution in [0, 0.1) is 22.8 Å². The van der Waals surface area contributed by atoms with Gasteiger partial charge in [-0.2, -0.15) is 10.5 Å². The number of likely N-dealkylation sites (tertiary alicyclic amines) is 1. The van der Waals surface area contributed by atoms with Crippen molar-refractivity contribution in [2.75, 3.05) is 31.1 Å². The highest BCUT2D eigenvalue weighted by molar-refractivity contribution is 5.64. The molecule has 0 saturated carbocycles. The van der Waals surface area contributed by atoms with Crippen LogP contribution in [0.25, 0.3) is 11.1 Å². The average Bonchev–Trinajstić information content (AvgIpc) is 3.11. The van der Waals surface area contributed by atoms with Crippen LogP contribution in [0.1, 0.15) is 5.69 Å². The van der Waals surface area contributed by atoms with E-state index in [0.29, 0.717) is 25.4 Å². The molecule has 0 spiro atoms. The van der Waals surface area contributed by atoms with Gasteiger partial charge in [0.15, 0.2) is 6.19 Å². The molecule has 0 aliphatic carbocycles. The molecule has 0 amide bonds. The Bertz CT molecular complexity index is 853. The number of nitrogens with zero attached hydrogens (tertiary/aromatic N) is 6. The Labute approximate surface area is 145 Å². The van der Waals surface area contributed by atoms with Crippen LogP contribution in [0.3, 0.4) is 0 Å². The summed E-state index contributed by atoms with van der Waals surface area (Å²) in [5.74, 6) is 0.886. The number of hydrogen-bond donors (Lipinski definition) is 0. The van der Waals surface area contributed by atoms with Crippen LogP contribution in [-0.2, 0) is 4.74 Å². The van der Waals surface area contributed by atoms with Gasteiger partial charge in [0.1, 0.15) is 17.6 Å². The molecule has 25 heavy (non-hydrogen) atoms. The molecule has 0 bridgehead atoms. The van der Waals surface area contributed by atoms with Crippen molar-refractivity contribution in [2.24, 2.45) is 0 Å². The zero-order valence-electron chi connectivity index (χ0n) is 13.5. The molecule has 7 heteroatoms. The van der Waals surface area contributed by atoms with Crippen LogP contribution in [-0.4, -0.2) is 53.3 Å². The highest BCUT2D eigenvalue weighted by Crippen LogP contribution is 2.28. The molecular formula is C18H16N6O. The third-order valence-electron chi connectivity index (χ3n) is 4.69. The van der Waals surface area contributed by atoms with Crippen molar-refractivity contribution in [1.82, 2.24) is 14.9 Å². The van der Waals surface area contributed by atoms with Crippen molar-refractivity contribution >= 4 is 5.82 Å². The number of rotatable bonds is 2. The van der Waals surface area contributed by atoms with E-state index in [9.17, 15) is 0 Å². The SMILES string of the molecule is N#Cc1cc(-c2ccc(N3CCO[C@@H]4CN(C#N)C[C@@H]43)nc2)ccn1. The second-order valence-corrected chi connectivity index (χ2v) is 6.12. The van der Waals surface area contributed by atoms with E-state index >= 15 is 0 Å². The largest absolute Gasteiger partial charge is 0.372 e. The van der Waals surface area contributed by atoms with E-state index in [1.807, 2.05) is 24.4 Å². The molecule has 0 aromatic carbocycles. The van der Waals surface area contributed by atoms with Crippen molar-refractivity contribution in [3.8, 4) is 23.4 Å². The van der Waals surface area contributed by atoms with Gasteiger partial charge in [0.2, 0.25) is 0 Å². The van der Waals surface area contributed by atoms with E-state index in [1.165, 1.54) is 0 Å². The third-order valence-corrected chi connectivity index (χ3v) is 4.69. The van der Waals surface area contributed by atoms with Crippen LogP contribution < -0.4 is 4.90 Å². The van der Waals surface area contributed by atoms with Crippen LogP contribution in [0.2, 0.25) is 0 Å². The van der Waals surface area contributed by atoms with Crippen molar-refractivity contribution in [2.45, 2.75) is 12.1 Å². The number of ether oxygens (including phenoxy) is 1. The summed E-state index contributed by atoms with van der Waals surface area (Å²) in [6.45, 7) is 2.71. The van der Waals surface area contributed by atoms with Crippen molar-refractivity contribution in [3.05, 3.63) is 42.4 Å². The van der Waals surface area contributed by atoms with Gasteiger partial charge >= 0.3 is 0 Å². The molecule has 124 valence electrons. The predicted octanol–water partition coefficient (Wildman–Crippen LogP) is 1.39. The number of morpholine rings is 1. The minimum Gasteiger partial charge on any atom is -0.372 e. The van der Waals surface area contributed by atoms with E-state index in [1.54, 1.807) is 17.2 Å². The van der Waals surface area contributed by atoms with Gasteiger partial charge in [-0.3, -0.25) is 0 Å². The molecule has 2 fully saturated rings. The Hall–Kier alpha value is -3.16. The Morgan fingerprint density at radius 3 is 2.80 bits per heavy atom. The summed E-state index contributed by atoms with van der Waals surface area (Å²) in [6.07, 6.45) is 5.70. The maximum atomic E-state index is 9.13. The quantitative estimate of drug-likeness (QED) is 0.768. The predicted molar refractivity (Wildman–Crippen MR) is 90.2 cm³/mol. The first-order chi connectivity index (χ1) is 12.3. The van der Waals surface area contributed by atoms with Crippen LogP contribution >= 0.6 is 0 Å². The second-order valence-electron chi connectivity index (χ2n) is 6.12. The van der Waals surface area contributed by atoms with Gasteiger partial charge in [-0.15, -0.1) is 0 Å². The fourth-order valence-corrected chi connectivity index (χ4v) is 3.45.